The maximum absolute atomic E-state index is 14.6. The molecule has 0 saturated heterocycles. The molecule has 3 rings (SSSR count). The second kappa shape index (κ2) is 16.3. The number of carbonyl (C=O) groups is 4. The van der Waals surface area contributed by atoms with Gasteiger partial charge in [0, 0.05) is 18.9 Å². The Bertz CT molecular complexity index is 1510. The summed E-state index contributed by atoms with van der Waals surface area (Å²) in [6.07, 6.45) is -0.571. The predicted molar refractivity (Wildman–Crippen MR) is 184 cm³/mol. The Labute approximate surface area is 283 Å². The van der Waals surface area contributed by atoms with Crippen molar-refractivity contribution in [2.75, 3.05) is 0 Å². The van der Waals surface area contributed by atoms with Crippen LogP contribution in [-0.4, -0.2) is 63.2 Å². The lowest BCUT2D eigenvalue weighted by molar-refractivity contribution is -0.159. The van der Waals surface area contributed by atoms with Crippen molar-refractivity contribution < 1.29 is 33.8 Å². The molecule has 48 heavy (non-hydrogen) atoms. The van der Waals surface area contributed by atoms with E-state index in [4.69, 9.17) is 9.47 Å². The standard InChI is InChI=1S/C38H49N3O7/c1-25(2)41(34(44)30(40-36(46)48-38(6,7)8)23-27-19-21-29(42)22-20-27)32(28-17-13-10-14-18-28)33(43)39-31(35(45)47-37(3,4)5)24-26-15-11-9-12-16-26/h9-22,25,30-32,42H,23-24H2,1-8H3,(H,39,43)(H,40,46). The monoisotopic (exact) mass is 659 g/mol. The number of rotatable bonds is 12. The van der Waals surface area contributed by atoms with Crippen LogP contribution in [0.1, 0.15) is 78.1 Å². The molecule has 10 heteroatoms. The Kier molecular flexibility index (Phi) is 12.8. The Morgan fingerprint density at radius 3 is 1.71 bits per heavy atom. The third-order valence-electron chi connectivity index (χ3n) is 7.11. The first-order chi connectivity index (χ1) is 22.4. The summed E-state index contributed by atoms with van der Waals surface area (Å²) in [6, 6.07) is 20.5. The van der Waals surface area contributed by atoms with Crippen LogP contribution in [0.15, 0.2) is 84.9 Å². The van der Waals surface area contributed by atoms with Crippen molar-refractivity contribution in [3.63, 3.8) is 0 Å². The van der Waals surface area contributed by atoms with Gasteiger partial charge in [-0.15, -0.1) is 0 Å². The zero-order valence-corrected chi connectivity index (χ0v) is 29.2. The predicted octanol–water partition coefficient (Wildman–Crippen LogP) is 5.88. The summed E-state index contributed by atoms with van der Waals surface area (Å²) in [5.41, 5.74) is 0.372. The fourth-order valence-electron chi connectivity index (χ4n) is 5.12. The number of benzene rings is 3. The number of nitrogens with one attached hydrogen (secondary N) is 2. The van der Waals surface area contributed by atoms with Gasteiger partial charge in [0.2, 0.25) is 11.8 Å². The lowest BCUT2D eigenvalue weighted by Crippen LogP contribution is -2.57. The van der Waals surface area contributed by atoms with Crippen molar-refractivity contribution in [3.8, 4) is 5.75 Å². The number of alkyl carbamates (subject to hydrolysis) is 1. The van der Waals surface area contributed by atoms with Crippen LogP contribution >= 0.6 is 0 Å². The highest BCUT2D eigenvalue weighted by molar-refractivity contribution is 5.94. The van der Waals surface area contributed by atoms with Gasteiger partial charge in [-0.3, -0.25) is 9.59 Å². The van der Waals surface area contributed by atoms with Crippen molar-refractivity contribution in [2.45, 2.75) is 104 Å². The molecule has 0 aliphatic rings. The molecule has 0 aromatic heterocycles. The highest BCUT2D eigenvalue weighted by Gasteiger charge is 2.39. The van der Waals surface area contributed by atoms with E-state index in [1.807, 2.05) is 30.3 Å². The summed E-state index contributed by atoms with van der Waals surface area (Å²) in [5, 5.41) is 15.4. The van der Waals surface area contributed by atoms with Crippen LogP contribution < -0.4 is 10.6 Å². The zero-order chi connectivity index (χ0) is 35.6. The molecule has 0 heterocycles. The number of ether oxygens (including phenoxy) is 2. The summed E-state index contributed by atoms with van der Waals surface area (Å²) in [4.78, 5) is 57.0. The molecular formula is C38H49N3O7. The van der Waals surface area contributed by atoms with Crippen molar-refractivity contribution in [1.82, 2.24) is 15.5 Å². The SMILES string of the molecule is CC(C)N(C(=O)C(Cc1ccc(O)cc1)NC(=O)OC(C)(C)C)C(C(=O)NC(Cc1ccccc1)C(=O)OC(C)(C)C)c1ccccc1. The van der Waals surface area contributed by atoms with Crippen LogP contribution in [0.25, 0.3) is 0 Å². The Hall–Kier alpha value is -4.86. The second-order valence-corrected chi connectivity index (χ2v) is 14.0. The smallest absolute Gasteiger partial charge is 0.408 e. The van der Waals surface area contributed by atoms with E-state index in [0.717, 1.165) is 5.56 Å². The average Bonchev–Trinajstić information content (AvgIpc) is 2.98. The lowest BCUT2D eigenvalue weighted by Gasteiger charge is -2.38. The largest absolute Gasteiger partial charge is 0.508 e. The average molecular weight is 660 g/mol. The second-order valence-electron chi connectivity index (χ2n) is 14.0. The van der Waals surface area contributed by atoms with Gasteiger partial charge >= 0.3 is 12.1 Å². The summed E-state index contributed by atoms with van der Waals surface area (Å²) in [7, 11) is 0. The van der Waals surface area contributed by atoms with E-state index in [1.165, 1.54) is 17.0 Å². The quantitative estimate of drug-likeness (QED) is 0.207. The molecule has 3 atom stereocenters. The zero-order valence-electron chi connectivity index (χ0n) is 29.2. The molecular weight excluding hydrogens is 610 g/mol. The number of aromatic hydroxyl groups is 1. The van der Waals surface area contributed by atoms with E-state index >= 15 is 0 Å². The number of hydrogen-bond acceptors (Lipinski definition) is 7. The number of esters is 1. The number of carbonyl (C=O) groups excluding carboxylic acids is 4. The van der Waals surface area contributed by atoms with Crippen LogP contribution in [0.2, 0.25) is 0 Å². The molecule has 0 aliphatic heterocycles. The number of phenols is 1. The number of amides is 3. The van der Waals surface area contributed by atoms with Crippen LogP contribution in [-0.2, 0) is 36.7 Å². The molecule has 0 spiro atoms. The minimum Gasteiger partial charge on any atom is -0.508 e. The fraction of sp³-hybridized carbons (Fsp3) is 0.421. The topological polar surface area (TPSA) is 134 Å². The van der Waals surface area contributed by atoms with Crippen molar-refractivity contribution in [1.29, 1.82) is 0 Å². The third-order valence-corrected chi connectivity index (χ3v) is 7.11. The molecule has 3 unspecified atom stereocenters. The van der Waals surface area contributed by atoms with Gasteiger partial charge < -0.3 is 30.1 Å². The number of hydrogen-bond donors (Lipinski definition) is 3. The molecule has 0 saturated carbocycles. The summed E-state index contributed by atoms with van der Waals surface area (Å²) in [5.74, 6) is -1.67. The normalized spacial score (nSPS) is 13.5. The van der Waals surface area contributed by atoms with E-state index in [2.05, 4.69) is 10.6 Å². The minimum atomic E-state index is -1.18. The third kappa shape index (κ3) is 11.7. The van der Waals surface area contributed by atoms with Gasteiger partial charge in [-0.05, 0) is 84.2 Å². The van der Waals surface area contributed by atoms with E-state index in [0.29, 0.717) is 11.1 Å². The van der Waals surface area contributed by atoms with Gasteiger partial charge in [0.15, 0.2) is 0 Å². The van der Waals surface area contributed by atoms with E-state index in [1.54, 1.807) is 97.9 Å². The number of nitrogens with zero attached hydrogens (tertiary/aromatic N) is 1. The van der Waals surface area contributed by atoms with Crippen LogP contribution in [0.4, 0.5) is 4.79 Å². The molecule has 3 N–H and O–H groups in total. The molecule has 258 valence electrons. The number of phenolic OH excluding ortho intramolecular Hbond substituents is 1. The van der Waals surface area contributed by atoms with E-state index < -0.39 is 59.2 Å². The first-order valence-corrected chi connectivity index (χ1v) is 16.1. The van der Waals surface area contributed by atoms with Crippen LogP contribution in [0, 0.1) is 0 Å². The van der Waals surface area contributed by atoms with Gasteiger partial charge in [-0.1, -0.05) is 72.8 Å². The lowest BCUT2D eigenvalue weighted by atomic mass is 9.98. The maximum Gasteiger partial charge on any atom is 0.408 e. The molecule has 0 bridgehead atoms. The maximum atomic E-state index is 14.6. The highest BCUT2D eigenvalue weighted by atomic mass is 16.6. The van der Waals surface area contributed by atoms with Crippen molar-refractivity contribution in [2.24, 2.45) is 0 Å². The van der Waals surface area contributed by atoms with E-state index in [-0.39, 0.29) is 18.6 Å². The van der Waals surface area contributed by atoms with Gasteiger partial charge in [0.25, 0.3) is 0 Å². The van der Waals surface area contributed by atoms with Gasteiger partial charge in [0.1, 0.15) is 35.1 Å². The molecule has 0 fully saturated rings. The molecule has 3 aromatic carbocycles. The Morgan fingerprint density at radius 1 is 0.688 bits per heavy atom. The first-order valence-electron chi connectivity index (χ1n) is 16.1. The van der Waals surface area contributed by atoms with Gasteiger partial charge in [0.05, 0.1) is 0 Å². The van der Waals surface area contributed by atoms with Crippen molar-refractivity contribution in [3.05, 3.63) is 102 Å². The Balaban J connectivity index is 2.06. The fourth-order valence-corrected chi connectivity index (χ4v) is 5.12. The van der Waals surface area contributed by atoms with Crippen LogP contribution in [0.3, 0.4) is 0 Å². The van der Waals surface area contributed by atoms with E-state index in [9.17, 15) is 24.3 Å². The Morgan fingerprint density at radius 2 is 1.19 bits per heavy atom. The molecule has 0 aliphatic carbocycles. The molecule has 10 nitrogen and oxygen atoms in total. The van der Waals surface area contributed by atoms with Gasteiger partial charge in [-0.25, -0.2) is 9.59 Å². The highest BCUT2D eigenvalue weighted by Crippen LogP contribution is 2.27. The molecule has 3 aromatic rings. The molecule has 3 amide bonds. The summed E-state index contributed by atoms with van der Waals surface area (Å²) in [6.45, 7) is 14.0. The molecule has 0 radical (unpaired) electrons. The first kappa shape index (κ1) is 37.6. The summed E-state index contributed by atoms with van der Waals surface area (Å²) < 4.78 is 11.2. The van der Waals surface area contributed by atoms with Crippen molar-refractivity contribution >= 4 is 23.9 Å². The minimum absolute atomic E-state index is 0.0548. The summed E-state index contributed by atoms with van der Waals surface area (Å²) >= 11 is 0. The van der Waals surface area contributed by atoms with Crippen LogP contribution in [0.5, 0.6) is 5.75 Å². The van der Waals surface area contributed by atoms with Gasteiger partial charge in [-0.2, -0.15) is 0 Å².